The van der Waals surface area contributed by atoms with Gasteiger partial charge in [-0.1, -0.05) is 19.3 Å². The zero-order chi connectivity index (χ0) is 13.9. The third kappa shape index (κ3) is 4.59. The van der Waals surface area contributed by atoms with Crippen LogP contribution in [0.15, 0.2) is 0 Å². The second-order valence-electron chi connectivity index (χ2n) is 7.43. The van der Waals surface area contributed by atoms with Gasteiger partial charge in [-0.15, -0.1) is 12.4 Å². The molecule has 122 valence electrons. The lowest BCUT2D eigenvalue weighted by Gasteiger charge is -2.31. The van der Waals surface area contributed by atoms with Gasteiger partial charge in [0.05, 0.1) is 0 Å². The number of hydrogen-bond donors (Lipinski definition) is 2. The van der Waals surface area contributed by atoms with Crippen LogP contribution < -0.4 is 10.6 Å². The monoisotopic (exact) mass is 314 g/mol. The maximum absolute atomic E-state index is 12.3. The van der Waals surface area contributed by atoms with E-state index in [-0.39, 0.29) is 12.4 Å². The smallest absolute Gasteiger partial charge is 0.220 e. The molecule has 0 spiro atoms. The molecule has 1 aliphatic carbocycles. The van der Waals surface area contributed by atoms with E-state index < -0.39 is 0 Å². The Bertz CT molecular complexity index is 332. The van der Waals surface area contributed by atoms with Crippen molar-refractivity contribution in [3.8, 4) is 0 Å². The van der Waals surface area contributed by atoms with Gasteiger partial charge in [0.25, 0.3) is 0 Å². The van der Waals surface area contributed by atoms with Crippen LogP contribution in [0.2, 0.25) is 0 Å². The Kier molecular flexibility index (Phi) is 6.36. The van der Waals surface area contributed by atoms with Crippen LogP contribution in [0.5, 0.6) is 0 Å². The van der Waals surface area contributed by atoms with Crippen molar-refractivity contribution in [1.29, 1.82) is 0 Å². The number of halogens is 1. The summed E-state index contributed by atoms with van der Waals surface area (Å²) in [7, 11) is 0. The van der Waals surface area contributed by atoms with E-state index in [0.29, 0.717) is 30.0 Å². The molecule has 3 fully saturated rings. The van der Waals surface area contributed by atoms with Gasteiger partial charge in [0, 0.05) is 24.5 Å². The van der Waals surface area contributed by atoms with Crippen molar-refractivity contribution in [2.75, 3.05) is 0 Å². The van der Waals surface area contributed by atoms with E-state index in [1.165, 1.54) is 57.8 Å². The summed E-state index contributed by atoms with van der Waals surface area (Å²) in [6.07, 6.45) is 12.5. The van der Waals surface area contributed by atoms with Gasteiger partial charge in [0.15, 0.2) is 0 Å². The van der Waals surface area contributed by atoms with E-state index in [1.54, 1.807) is 0 Å². The highest BCUT2D eigenvalue weighted by Gasteiger charge is 2.34. The Morgan fingerprint density at radius 1 is 1.10 bits per heavy atom. The van der Waals surface area contributed by atoms with Gasteiger partial charge in [0.2, 0.25) is 5.91 Å². The number of piperidine rings is 1. The predicted molar refractivity (Wildman–Crippen MR) is 88.7 cm³/mol. The zero-order valence-corrected chi connectivity index (χ0v) is 14.1. The molecule has 2 bridgehead atoms. The van der Waals surface area contributed by atoms with Crippen molar-refractivity contribution < 1.29 is 4.79 Å². The number of hydrogen-bond acceptors (Lipinski definition) is 2. The quantitative estimate of drug-likeness (QED) is 0.835. The number of fused-ring (bicyclic) bond motifs is 2. The molecule has 0 aromatic rings. The van der Waals surface area contributed by atoms with E-state index in [1.807, 2.05) is 0 Å². The summed E-state index contributed by atoms with van der Waals surface area (Å²) >= 11 is 0. The highest BCUT2D eigenvalue weighted by atomic mass is 35.5. The molecule has 0 radical (unpaired) electrons. The van der Waals surface area contributed by atoms with Crippen LogP contribution in [0.4, 0.5) is 0 Å². The predicted octanol–water partition coefficient (Wildman–Crippen LogP) is 3.41. The summed E-state index contributed by atoms with van der Waals surface area (Å²) in [6, 6.07) is 1.77. The van der Waals surface area contributed by atoms with Gasteiger partial charge < -0.3 is 10.6 Å². The zero-order valence-electron chi connectivity index (χ0n) is 13.3. The first kappa shape index (κ1) is 17.1. The van der Waals surface area contributed by atoms with Crippen molar-refractivity contribution in [1.82, 2.24) is 10.6 Å². The second-order valence-corrected chi connectivity index (χ2v) is 7.43. The van der Waals surface area contributed by atoms with Gasteiger partial charge >= 0.3 is 0 Å². The number of carbonyl (C=O) groups excluding carboxylic acids is 1. The van der Waals surface area contributed by atoms with Crippen LogP contribution in [-0.4, -0.2) is 24.0 Å². The van der Waals surface area contributed by atoms with Gasteiger partial charge in [-0.3, -0.25) is 4.79 Å². The van der Waals surface area contributed by atoms with Crippen molar-refractivity contribution in [3.05, 3.63) is 0 Å². The lowest BCUT2D eigenvalue weighted by molar-refractivity contribution is -0.123. The number of nitrogens with one attached hydrogen (secondary N) is 2. The molecule has 2 aliphatic heterocycles. The van der Waals surface area contributed by atoms with Crippen LogP contribution in [0.3, 0.4) is 0 Å². The van der Waals surface area contributed by atoms with E-state index >= 15 is 0 Å². The normalized spacial score (nSPS) is 34.0. The highest BCUT2D eigenvalue weighted by Crippen LogP contribution is 2.33. The topological polar surface area (TPSA) is 41.1 Å². The Balaban J connectivity index is 0.00000161. The molecule has 2 heterocycles. The van der Waals surface area contributed by atoms with Crippen LogP contribution in [0.25, 0.3) is 0 Å². The Morgan fingerprint density at radius 3 is 2.33 bits per heavy atom. The fraction of sp³-hybridized carbons (Fsp3) is 0.941. The summed E-state index contributed by atoms with van der Waals surface area (Å²) < 4.78 is 0. The van der Waals surface area contributed by atoms with Crippen LogP contribution in [0, 0.1) is 11.8 Å². The largest absolute Gasteiger partial charge is 0.353 e. The second kappa shape index (κ2) is 7.82. The fourth-order valence-electron chi connectivity index (χ4n) is 4.67. The molecule has 0 aromatic carbocycles. The molecule has 21 heavy (non-hydrogen) atoms. The average molecular weight is 315 g/mol. The first-order valence-electron chi connectivity index (χ1n) is 8.76. The van der Waals surface area contributed by atoms with Crippen LogP contribution in [0.1, 0.15) is 71.1 Å². The van der Waals surface area contributed by atoms with Gasteiger partial charge in [-0.05, 0) is 57.3 Å². The SMILES string of the molecule is CC(NC(=O)CC1CC2CCC(C1)N2)C1CCCCC1.Cl. The summed E-state index contributed by atoms with van der Waals surface area (Å²) in [6.45, 7) is 2.21. The van der Waals surface area contributed by atoms with Crippen molar-refractivity contribution in [2.45, 2.75) is 89.3 Å². The maximum atomic E-state index is 12.3. The summed E-state index contributed by atoms with van der Waals surface area (Å²) in [5.41, 5.74) is 0. The molecule has 1 saturated carbocycles. The first-order valence-corrected chi connectivity index (χ1v) is 8.76. The highest BCUT2D eigenvalue weighted by molar-refractivity contribution is 5.85. The third-order valence-electron chi connectivity index (χ3n) is 5.79. The van der Waals surface area contributed by atoms with Gasteiger partial charge in [0.1, 0.15) is 0 Å². The van der Waals surface area contributed by atoms with Crippen LogP contribution in [-0.2, 0) is 4.79 Å². The van der Waals surface area contributed by atoms with Crippen molar-refractivity contribution in [2.24, 2.45) is 11.8 Å². The Morgan fingerprint density at radius 2 is 1.71 bits per heavy atom. The Hall–Kier alpha value is -0.280. The lowest BCUT2D eigenvalue weighted by atomic mass is 9.84. The molecule has 2 N–H and O–H groups in total. The molecule has 3 atom stereocenters. The van der Waals surface area contributed by atoms with E-state index in [9.17, 15) is 4.79 Å². The number of rotatable bonds is 4. The van der Waals surface area contributed by atoms with Crippen molar-refractivity contribution >= 4 is 18.3 Å². The minimum absolute atomic E-state index is 0. The van der Waals surface area contributed by atoms with E-state index in [0.717, 1.165) is 12.3 Å². The molecule has 2 saturated heterocycles. The molecule has 3 unspecified atom stereocenters. The minimum atomic E-state index is 0. The summed E-state index contributed by atoms with van der Waals surface area (Å²) in [5.74, 6) is 1.64. The summed E-state index contributed by atoms with van der Waals surface area (Å²) in [4.78, 5) is 12.3. The molecule has 4 heteroatoms. The van der Waals surface area contributed by atoms with Crippen LogP contribution >= 0.6 is 12.4 Å². The maximum Gasteiger partial charge on any atom is 0.220 e. The lowest BCUT2D eigenvalue weighted by Crippen LogP contribution is -2.42. The minimum Gasteiger partial charge on any atom is -0.353 e. The molecule has 3 aliphatic rings. The number of amides is 1. The molecule has 3 nitrogen and oxygen atoms in total. The molecule has 1 amide bonds. The third-order valence-corrected chi connectivity index (χ3v) is 5.79. The van der Waals surface area contributed by atoms with E-state index in [4.69, 9.17) is 0 Å². The van der Waals surface area contributed by atoms with Crippen molar-refractivity contribution in [3.63, 3.8) is 0 Å². The first-order chi connectivity index (χ1) is 9.70. The molecular formula is C17H31ClN2O. The average Bonchev–Trinajstić information content (AvgIpc) is 2.78. The number of carbonyl (C=O) groups is 1. The summed E-state index contributed by atoms with van der Waals surface area (Å²) in [5, 5.41) is 6.94. The Labute approximate surface area is 135 Å². The fourth-order valence-corrected chi connectivity index (χ4v) is 4.67. The molecular weight excluding hydrogens is 284 g/mol. The molecule has 0 aromatic heterocycles. The van der Waals surface area contributed by atoms with Gasteiger partial charge in [-0.2, -0.15) is 0 Å². The van der Waals surface area contributed by atoms with E-state index in [2.05, 4.69) is 17.6 Å². The molecule has 3 rings (SSSR count). The standard InChI is InChI=1S/C17H30N2O.ClH/c1-12(14-5-3-2-4-6-14)18-17(20)11-13-9-15-7-8-16(10-13)19-15;/h12-16,19H,2-11H2,1H3,(H,18,20);1H. The van der Waals surface area contributed by atoms with Gasteiger partial charge in [-0.25, -0.2) is 0 Å².